The molecule has 0 atom stereocenters. The molecule has 0 aliphatic heterocycles. The third kappa shape index (κ3) is 4.70. The first-order valence-electron chi connectivity index (χ1n) is 7.84. The lowest BCUT2D eigenvalue weighted by atomic mass is 10.1. The predicted molar refractivity (Wildman–Crippen MR) is 99.3 cm³/mol. The molecule has 0 saturated carbocycles. The topological polar surface area (TPSA) is 56.2 Å². The van der Waals surface area contributed by atoms with Crippen LogP contribution in [-0.4, -0.2) is 15.7 Å². The summed E-state index contributed by atoms with van der Waals surface area (Å²) in [5.41, 5.74) is 2.51. The highest BCUT2D eigenvalue weighted by molar-refractivity contribution is 9.10. The van der Waals surface area contributed by atoms with Crippen LogP contribution in [-0.2, 0) is 20.2 Å². The molecule has 0 aliphatic rings. The van der Waals surface area contributed by atoms with E-state index in [-0.39, 0.29) is 5.91 Å². The highest BCUT2D eigenvalue weighted by Gasteiger charge is 2.08. The zero-order valence-electron chi connectivity index (χ0n) is 13.8. The van der Waals surface area contributed by atoms with Crippen molar-refractivity contribution in [2.75, 3.05) is 0 Å². The van der Waals surface area contributed by atoms with Gasteiger partial charge in [0.05, 0.1) is 10.7 Å². The Labute approximate surface area is 154 Å². The molecule has 0 saturated heterocycles. The third-order valence-electron chi connectivity index (χ3n) is 3.63. The van der Waals surface area contributed by atoms with Crippen molar-refractivity contribution in [3.05, 3.63) is 82.1 Å². The molecule has 0 fully saturated rings. The number of benzene rings is 2. The van der Waals surface area contributed by atoms with Crippen molar-refractivity contribution in [2.45, 2.75) is 13.2 Å². The van der Waals surface area contributed by atoms with Gasteiger partial charge in [-0.2, -0.15) is 5.10 Å². The minimum atomic E-state index is -0.119. The van der Waals surface area contributed by atoms with Crippen LogP contribution in [0.25, 0.3) is 0 Å². The van der Waals surface area contributed by atoms with E-state index in [9.17, 15) is 4.79 Å². The minimum absolute atomic E-state index is 0.119. The standard InChI is InChI=1S/C19H18BrN3O2/c1-23-12-15(11-22-23)10-21-19(24)16-6-4-5-14(9-16)13-25-18-8-3-2-7-17(18)20/h2-9,11-12H,10,13H2,1H3,(H,21,24). The Morgan fingerprint density at radius 2 is 2.04 bits per heavy atom. The van der Waals surface area contributed by atoms with E-state index in [4.69, 9.17) is 4.74 Å². The average molecular weight is 400 g/mol. The molecular formula is C19H18BrN3O2. The number of nitrogens with zero attached hydrogens (tertiary/aromatic N) is 2. The molecule has 3 aromatic rings. The Bertz CT molecular complexity index is 876. The molecule has 1 aromatic heterocycles. The van der Waals surface area contributed by atoms with E-state index < -0.39 is 0 Å². The molecule has 25 heavy (non-hydrogen) atoms. The van der Waals surface area contributed by atoms with Gasteiger partial charge in [0.1, 0.15) is 12.4 Å². The summed E-state index contributed by atoms with van der Waals surface area (Å²) in [4.78, 5) is 12.3. The quantitative estimate of drug-likeness (QED) is 0.687. The van der Waals surface area contributed by atoms with Crippen molar-refractivity contribution in [2.24, 2.45) is 7.05 Å². The fourth-order valence-corrected chi connectivity index (χ4v) is 2.77. The Kier molecular flexibility index (Phi) is 5.50. The van der Waals surface area contributed by atoms with Crippen LogP contribution in [0.2, 0.25) is 0 Å². The van der Waals surface area contributed by atoms with Crippen molar-refractivity contribution < 1.29 is 9.53 Å². The van der Waals surface area contributed by atoms with Crippen LogP contribution in [0.4, 0.5) is 0 Å². The molecule has 6 heteroatoms. The van der Waals surface area contributed by atoms with Crippen molar-refractivity contribution >= 4 is 21.8 Å². The van der Waals surface area contributed by atoms with Gasteiger partial charge in [0, 0.05) is 30.9 Å². The lowest BCUT2D eigenvalue weighted by molar-refractivity contribution is 0.0950. The smallest absolute Gasteiger partial charge is 0.251 e. The first-order valence-corrected chi connectivity index (χ1v) is 8.63. The monoisotopic (exact) mass is 399 g/mol. The van der Waals surface area contributed by atoms with E-state index >= 15 is 0 Å². The van der Waals surface area contributed by atoms with E-state index in [1.54, 1.807) is 16.9 Å². The molecule has 2 aromatic carbocycles. The van der Waals surface area contributed by atoms with Gasteiger partial charge in [0.25, 0.3) is 5.91 Å². The van der Waals surface area contributed by atoms with Crippen LogP contribution < -0.4 is 10.1 Å². The summed E-state index contributed by atoms with van der Waals surface area (Å²) in [5.74, 6) is 0.653. The second kappa shape index (κ2) is 7.98. The number of hydrogen-bond donors (Lipinski definition) is 1. The number of halogens is 1. The fraction of sp³-hybridized carbons (Fsp3) is 0.158. The maximum Gasteiger partial charge on any atom is 0.251 e. The van der Waals surface area contributed by atoms with E-state index in [0.29, 0.717) is 18.7 Å². The van der Waals surface area contributed by atoms with Gasteiger partial charge in [0.2, 0.25) is 0 Å². The van der Waals surface area contributed by atoms with Crippen molar-refractivity contribution in [3.8, 4) is 5.75 Å². The first-order chi connectivity index (χ1) is 12.1. The van der Waals surface area contributed by atoms with Crippen LogP contribution in [0.1, 0.15) is 21.5 Å². The Hall–Kier alpha value is -2.60. The molecule has 1 amide bonds. The lowest BCUT2D eigenvalue weighted by Gasteiger charge is -2.09. The van der Waals surface area contributed by atoms with E-state index in [1.165, 1.54) is 0 Å². The minimum Gasteiger partial charge on any atom is -0.488 e. The summed E-state index contributed by atoms with van der Waals surface area (Å²) >= 11 is 3.46. The van der Waals surface area contributed by atoms with Gasteiger partial charge in [0.15, 0.2) is 0 Å². The highest BCUT2D eigenvalue weighted by Crippen LogP contribution is 2.24. The molecule has 1 heterocycles. The van der Waals surface area contributed by atoms with E-state index in [0.717, 1.165) is 21.3 Å². The molecule has 0 spiro atoms. The van der Waals surface area contributed by atoms with Gasteiger partial charge in [-0.1, -0.05) is 24.3 Å². The number of nitrogens with one attached hydrogen (secondary N) is 1. The number of carbonyl (C=O) groups is 1. The number of carbonyl (C=O) groups excluding carboxylic acids is 1. The van der Waals surface area contributed by atoms with Crippen LogP contribution >= 0.6 is 15.9 Å². The van der Waals surface area contributed by atoms with Crippen molar-refractivity contribution in [1.29, 1.82) is 0 Å². The second-order valence-electron chi connectivity index (χ2n) is 5.62. The maximum atomic E-state index is 12.3. The summed E-state index contributed by atoms with van der Waals surface area (Å²) in [6.07, 6.45) is 3.62. The lowest BCUT2D eigenvalue weighted by Crippen LogP contribution is -2.22. The molecule has 0 aliphatic carbocycles. The number of aryl methyl sites for hydroxylation is 1. The van der Waals surface area contributed by atoms with Crippen molar-refractivity contribution in [1.82, 2.24) is 15.1 Å². The zero-order chi connectivity index (χ0) is 17.6. The predicted octanol–water partition coefficient (Wildman–Crippen LogP) is 3.69. The van der Waals surface area contributed by atoms with E-state index in [2.05, 4.69) is 26.3 Å². The number of ether oxygens (including phenoxy) is 1. The molecule has 5 nitrogen and oxygen atoms in total. The Morgan fingerprint density at radius 1 is 1.20 bits per heavy atom. The van der Waals surface area contributed by atoms with Gasteiger partial charge < -0.3 is 10.1 Å². The van der Waals surface area contributed by atoms with Gasteiger partial charge in [-0.05, 0) is 45.8 Å². The number of hydrogen-bond acceptors (Lipinski definition) is 3. The summed E-state index contributed by atoms with van der Waals surface area (Å²) in [6, 6.07) is 15.1. The molecule has 0 bridgehead atoms. The third-order valence-corrected chi connectivity index (χ3v) is 4.29. The van der Waals surface area contributed by atoms with Crippen LogP contribution in [0.5, 0.6) is 5.75 Å². The number of aromatic nitrogens is 2. The van der Waals surface area contributed by atoms with Crippen LogP contribution in [0, 0.1) is 0 Å². The highest BCUT2D eigenvalue weighted by atomic mass is 79.9. The number of amides is 1. The Morgan fingerprint density at radius 3 is 2.80 bits per heavy atom. The first kappa shape index (κ1) is 17.2. The summed E-state index contributed by atoms with van der Waals surface area (Å²) in [6.45, 7) is 0.844. The summed E-state index contributed by atoms with van der Waals surface area (Å²) < 4.78 is 8.41. The SMILES string of the molecule is Cn1cc(CNC(=O)c2cccc(COc3ccccc3Br)c2)cn1. The van der Waals surface area contributed by atoms with Gasteiger partial charge in [-0.15, -0.1) is 0 Å². The molecule has 3 rings (SSSR count). The van der Waals surface area contributed by atoms with Crippen molar-refractivity contribution in [3.63, 3.8) is 0 Å². The van der Waals surface area contributed by atoms with Gasteiger partial charge in [-0.3, -0.25) is 9.48 Å². The maximum absolute atomic E-state index is 12.3. The number of para-hydroxylation sites is 1. The average Bonchev–Trinajstić information content (AvgIpc) is 3.04. The second-order valence-corrected chi connectivity index (χ2v) is 6.48. The summed E-state index contributed by atoms with van der Waals surface area (Å²) in [7, 11) is 1.85. The molecule has 128 valence electrons. The molecule has 1 N–H and O–H groups in total. The van der Waals surface area contributed by atoms with Crippen LogP contribution in [0.3, 0.4) is 0 Å². The van der Waals surface area contributed by atoms with Gasteiger partial charge in [-0.25, -0.2) is 0 Å². The largest absolute Gasteiger partial charge is 0.488 e. The Balaban J connectivity index is 1.60. The fourth-order valence-electron chi connectivity index (χ4n) is 2.37. The summed E-state index contributed by atoms with van der Waals surface area (Å²) in [5, 5.41) is 6.98. The van der Waals surface area contributed by atoms with Crippen LogP contribution in [0.15, 0.2) is 65.4 Å². The molecule has 0 radical (unpaired) electrons. The molecule has 0 unspecified atom stereocenters. The normalized spacial score (nSPS) is 10.5. The number of rotatable bonds is 6. The molecular weight excluding hydrogens is 382 g/mol. The zero-order valence-corrected chi connectivity index (χ0v) is 15.4. The van der Waals surface area contributed by atoms with Gasteiger partial charge >= 0.3 is 0 Å². The van der Waals surface area contributed by atoms with E-state index in [1.807, 2.05) is 55.7 Å².